The lowest BCUT2D eigenvalue weighted by Crippen LogP contribution is -2.34. The van der Waals surface area contributed by atoms with Crippen molar-refractivity contribution in [2.45, 2.75) is 6.42 Å². The highest BCUT2D eigenvalue weighted by molar-refractivity contribution is 5.84. The smallest absolute Gasteiger partial charge is 0.241 e. The molecule has 1 aliphatic heterocycles. The molecular formula is C13H16N4O. The van der Waals surface area contributed by atoms with Crippen LogP contribution in [0.4, 0.5) is 11.4 Å². The molecule has 1 amide bonds. The molecule has 1 saturated heterocycles. The van der Waals surface area contributed by atoms with Crippen molar-refractivity contribution in [2.75, 3.05) is 37.3 Å². The Kier molecular flexibility index (Phi) is 3.38. The molecule has 1 heterocycles. The largest absolute Gasteiger partial charge is 0.396 e. The Labute approximate surface area is 106 Å². The first-order valence-corrected chi connectivity index (χ1v) is 5.91. The summed E-state index contributed by atoms with van der Waals surface area (Å²) >= 11 is 0. The van der Waals surface area contributed by atoms with Crippen LogP contribution in [-0.2, 0) is 4.79 Å². The third-order valence-electron chi connectivity index (χ3n) is 3.22. The van der Waals surface area contributed by atoms with Crippen LogP contribution < -0.4 is 10.6 Å². The first-order valence-electron chi connectivity index (χ1n) is 5.91. The highest BCUT2D eigenvalue weighted by Crippen LogP contribution is 2.27. The van der Waals surface area contributed by atoms with Gasteiger partial charge in [-0.05, 0) is 18.6 Å². The summed E-state index contributed by atoms with van der Waals surface area (Å²) < 4.78 is 0. The molecule has 2 rings (SSSR count). The van der Waals surface area contributed by atoms with Crippen LogP contribution in [0.25, 0.3) is 0 Å². The van der Waals surface area contributed by atoms with Crippen molar-refractivity contribution in [1.29, 1.82) is 5.26 Å². The summed E-state index contributed by atoms with van der Waals surface area (Å²) in [6.07, 6.45) is 0.901. The van der Waals surface area contributed by atoms with Crippen molar-refractivity contribution in [3.63, 3.8) is 0 Å². The van der Waals surface area contributed by atoms with Gasteiger partial charge in [-0.2, -0.15) is 5.26 Å². The Hall–Kier alpha value is -2.22. The van der Waals surface area contributed by atoms with Gasteiger partial charge in [0.15, 0.2) is 0 Å². The van der Waals surface area contributed by atoms with Gasteiger partial charge in [-0.3, -0.25) is 4.79 Å². The molecule has 0 spiro atoms. The molecule has 5 heteroatoms. The Morgan fingerprint density at radius 1 is 1.39 bits per heavy atom. The summed E-state index contributed by atoms with van der Waals surface area (Å²) in [5.74, 6) is 0.0780. The lowest BCUT2D eigenvalue weighted by atomic mass is 10.1. The number of rotatable bonds is 1. The fourth-order valence-electron chi connectivity index (χ4n) is 2.12. The molecule has 2 N–H and O–H groups in total. The van der Waals surface area contributed by atoms with E-state index in [2.05, 4.69) is 6.07 Å². The number of nitrogens with zero attached hydrogens (tertiary/aromatic N) is 3. The summed E-state index contributed by atoms with van der Waals surface area (Å²) in [5, 5.41) is 8.97. The van der Waals surface area contributed by atoms with Gasteiger partial charge in [0.25, 0.3) is 0 Å². The molecule has 18 heavy (non-hydrogen) atoms. The van der Waals surface area contributed by atoms with Crippen LogP contribution in [-0.4, -0.2) is 37.5 Å². The zero-order chi connectivity index (χ0) is 13.1. The van der Waals surface area contributed by atoms with E-state index >= 15 is 0 Å². The van der Waals surface area contributed by atoms with E-state index < -0.39 is 0 Å². The summed E-state index contributed by atoms with van der Waals surface area (Å²) in [6, 6.07) is 7.40. The minimum Gasteiger partial charge on any atom is -0.396 e. The van der Waals surface area contributed by atoms with Crippen LogP contribution in [0.15, 0.2) is 18.2 Å². The minimum atomic E-state index is 0.0780. The second-order valence-electron chi connectivity index (χ2n) is 4.44. The van der Waals surface area contributed by atoms with E-state index in [9.17, 15) is 4.79 Å². The molecule has 1 fully saturated rings. The maximum Gasteiger partial charge on any atom is 0.241 e. The van der Waals surface area contributed by atoms with E-state index in [1.54, 1.807) is 24.1 Å². The number of nitrogens with two attached hydrogens (primary N) is 1. The minimum absolute atomic E-state index is 0.0780. The molecule has 0 bridgehead atoms. The van der Waals surface area contributed by atoms with E-state index in [1.165, 1.54) is 0 Å². The van der Waals surface area contributed by atoms with Crippen LogP contribution in [0.1, 0.15) is 12.0 Å². The average molecular weight is 244 g/mol. The fourth-order valence-corrected chi connectivity index (χ4v) is 2.12. The van der Waals surface area contributed by atoms with Crippen molar-refractivity contribution in [3.8, 4) is 6.07 Å². The molecule has 1 aliphatic rings. The van der Waals surface area contributed by atoms with E-state index in [4.69, 9.17) is 11.0 Å². The standard InChI is InChI=1S/C13H16N4O/c1-16-6-3-7-17(9-12(16)18)11-5-2-4-10(8-14)13(11)15/h2,4-5H,3,6-7,9,15H2,1H3. The van der Waals surface area contributed by atoms with Crippen LogP contribution >= 0.6 is 0 Å². The molecule has 0 atom stereocenters. The molecule has 1 aromatic rings. The number of para-hydroxylation sites is 1. The molecule has 0 aliphatic carbocycles. The van der Waals surface area contributed by atoms with Gasteiger partial charge in [-0.25, -0.2) is 0 Å². The van der Waals surface area contributed by atoms with Gasteiger partial charge in [0.1, 0.15) is 6.07 Å². The van der Waals surface area contributed by atoms with E-state index in [0.717, 1.165) is 25.2 Å². The average Bonchev–Trinajstić information content (AvgIpc) is 2.52. The summed E-state index contributed by atoms with van der Waals surface area (Å²) in [6.45, 7) is 1.85. The van der Waals surface area contributed by atoms with Crippen LogP contribution in [0, 0.1) is 11.3 Å². The van der Waals surface area contributed by atoms with E-state index in [0.29, 0.717) is 17.8 Å². The van der Waals surface area contributed by atoms with Crippen molar-refractivity contribution in [3.05, 3.63) is 23.8 Å². The quantitative estimate of drug-likeness (QED) is 0.742. The highest BCUT2D eigenvalue weighted by Gasteiger charge is 2.21. The molecule has 0 radical (unpaired) electrons. The maximum atomic E-state index is 11.8. The monoisotopic (exact) mass is 244 g/mol. The summed E-state index contributed by atoms with van der Waals surface area (Å²) in [4.78, 5) is 15.5. The Bertz CT molecular complexity index is 506. The summed E-state index contributed by atoms with van der Waals surface area (Å²) in [7, 11) is 1.81. The van der Waals surface area contributed by atoms with Crippen LogP contribution in [0.5, 0.6) is 0 Å². The van der Waals surface area contributed by atoms with E-state index in [1.807, 2.05) is 11.0 Å². The number of hydrogen-bond acceptors (Lipinski definition) is 4. The number of benzene rings is 1. The predicted molar refractivity (Wildman–Crippen MR) is 70.0 cm³/mol. The number of carbonyl (C=O) groups is 1. The van der Waals surface area contributed by atoms with Crippen molar-refractivity contribution in [2.24, 2.45) is 0 Å². The summed E-state index contributed by atoms with van der Waals surface area (Å²) in [5.41, 5.74) is 7.65. The maximum absolute atomic E-state index is 11.8. The number of hydrogen-bond donors (Lipinski definition) is 1. The zero-order valence-electron chi connectivity index (χ0n) is 10.4. The lowest BCUT2D eigenvalue weighted by molar-refractivity contribution is -0.127. The molecular weight excluding hydrogens is 228 g/mol. The number of anilines is 2. The zero-order valence-corrected chi connectivity index (χ0v) is 10.4. The first-order chi connectivity index (χ1) is 8.63. The molecule has 94 valence electrons. The van der Waals surface area contributed by atoms with Crippen molar-refractivity contribution in [1.82, 2.24) is 4.90 Å². The number of nitrogen functional groups attached to an aromatic ring is 1. The van der Waals surface area contributed by atoms with Crippen LogP contribution in [0.2, 0.25) is 0 Å². The third-order valence-corrected chi connectivity index (χ3v) is 3.22. The fraction of sp³-hybridized carbons (Fsp3) is 0.385. The number of nitriles is 1. The highest BCUT2D eigenvalue weighted by atomic mass is 16.2. The number of carbonyl (C=O) groups excluding carboxylic acids is 1. The van der Waals surface area contributed by atoms with Crippen molar-refractivity contribution >= 4 is 17.3 Å². The van der Waals surface area contributed by atoms with Gasteiger partial charge in [-0.15, -0.1) is 0 Å². The van der Waals surface area contributed by atoms with Gasteiger partial charge in [-0.1, -0.05) is 6.07 Å². The Morgan fingerprint density at radius 2 is 2.17 bits per heavy atom. The molecule has 0 aromatic heterocycles. The lowest BCUT2D eigenvalue weighted by Gasteiger charge is -2.23. The third kappa shape index (κ3) is 2.23. The second kappa shape index (κ2) is 4.96. The van der Waals surface area contributed by atoms with Gasteiger partial charge in [0.05, 0.1) is 23.5 Å². The number of amides is 1. The predicted octanol–water partition coefficient (Wildman–Crippen LogP) is 0.809. The van der Waals surface area contributed by atoms with E-state index in [-0.39, 0.29) is 5.91 Å². The molecule has 1 aromatic carbocycles. The topological polar surface area (TPSA) is 73.4 Å². The van der Waals surface area contributed by atoms with Crippen molar-refractivity contribution < 1.29 is 4.79 Å². The van der Waals surface area contributed by atoms with Gasteiger partial charge in [0, 0.05) is 20.1 Å². The molecule has 0 unspecified atom stereocenters. The SMILES string of the molecule is CN1CCCN(c2cccc(C#N)c2N)CC1=O. The van der Waals surface area contributed by atoms with Crippen LogP contribution in [0.3, 0.4) is 0 Å². The number of likely N-dealkylation sites (N-methyl/N-ethyl adjacent to an activating group) is 1. The molecule has 0 saturated carbocycles. The normalized spacial score (nSPS) is 16.3. The Balaban J connectivity index is 2.31. The van der Waals surface area contributed by atoms with Gasteiger partial charge in [0.2, 0.25) is 5.91 Å². The van der Waals surface area contributed by atoms with Gasteiger partial charge < -0.3 is 15.5 Å². The van der Waals surface area contributed by atoms with Gasteiger partial charge >= 0.3 is 0 Å². The second-order valence-corrected chi connectivity index (χ2v) is 4.44. The molecule has 5 nitrogen and oxygen atoms in total. The first kappa shape index (κ1) is 12.2. The Morgan fingerprint density at radius 3 is 2.89 bits per heavy atom.